The second-order valence-corrected chi connectivity index (χ2v) is 9.76. The zero-order chi connectivity index (χ0) is 24.9. The molecule has 0 radical (unpaired) electrons. The van der Waals surface area contributed by atoms with Crippen molar-refractivity contribution >= 4 is 28.3 Å². The molecule has 2 atom stereocenters. The molecule has 192 valence electrons. The van der Waals surface area contributed by atoms with Crippen molar-refractivity contribution in [3.8, 4) is 0 Å². The Morgan fingerprint density at radius 1 is 1.17 bits per heavy atom. The summed E-state index contributed by atoms with van der Waals surface area (Å²) in [7, 11) is 0. The number of nitrogens with one attached hydrogen (secondary N) is 2. The highest BCUT2D eigenvalue weighted by Gasteiger charge is 2.24. The standard InChI is InChI=1S/C27H36N6O3/c1-2-3-10-32-11-13-33(14-12-32)21-7-4-19(5-8-21)25(35)23-15-28-26-24(23)27(30-18-29-26)31-20-6-9-22(16-34)36-17-20/h4-5,7-8,15,18,20,22,34H,2-3,6,9-14,16-17H2,1H3,(H2,28,29,30,31)/t20-,22-/m0/s1. The van der Waals surface area contributed by atoms with Gasteiger partial charge in [0.2, 0.25) is 0 Å². The molecular weight excluding hydrogens is 456 g/mol. The van der Waals surface area contributed by atoms with Gasteiger partial charge in [-0.3, -0.25) is 9.69 Å². The SMILES string of the molecule is CCCCN1CCN(c2ccc(C(=O)c3c[nH]c4ncnc(N[C@H]5CC[C@@H](CO)OC5)c34)cc2)CC1. The average molecular weight is 493 g/mol. The van der Waals surface area contributed by atoms with E-state index < -0.39 is 0 Å². The summed E-state index contributed by atoms with van der Waals surface area (Å²) in [6.07, 6.45) is 7.23. The Hall–Kier alpha value is -3.01. The molecule has 5 rings (SSSR count). The van der Waals surface area contributed by atoms with Crippen LogP contribution in [0.15, 0.2) is 36.8 Å². The van der Waals surface area contributed by atoms with Crippen LogP contribution in [0.3, 0.4) is 0 Å². The normalized spacial score (nSPS) is 21.1. The molecule has 2 aliphatic heterocycles. The van der Waals surface area contributed by atoms with E-state index in [0.717, 1.165) is 44.7 Å². The van der Waals surface area contributed by atoms with Crippen LogP contribution in [-0.4, -0.2) is 88.8 Å². The first-order valence-electron chi connectivity index (χ1n) is 13.1. The lowest BCUT2D eigenvalue weighted by Gasteiger charge is -2.36. The number of nitrogens with zero attached hydrogens (tertiary/aromatic N) is 4. The Labute approximate surface area is 211 Å². The summed E-state index contributed by atoms with van der Waals surface area (Å²) < 4.78 is 5.70. The van der Waals surface area contributed by atoms with E-state index in [2.05, 4.69) is 49.1 Å². The first-order chi connectivity index (χ1) is 17.7. The molecule has 2 aliphatic rings. The third kappa shape index (κ3) is 5.38. The largest absolute Gasteiger partial charge is 0.394 e. The maximum Gasteiger partial charge on any atom is 0.195 e. The van der Waals surface area contributed by atoms with Crippen molar-refractivity contribution in [2.75, 3.05) is 56.2 Å². The van der Waals surface area contributed by atoms with Crippen LogP contribution in [0.25, 0.3) is 11.0 Å². The second-order valence-electron chi connectivity index (χ2n) is 9.76. The van der Waals surface area contributed by atoms with Crippen LogP contribution in [0.1, 0.15) is 48.5 Å². The summed E-state index contributed by atoms with van der Waals surface area (Å²) in [4.78, 5) is 30.3. The monoisotopic (exact) mass is 492 g/mol. The van der Waals surface area contributed by atoms with Crippen molar-refractivity contribution in [2.24, 2.45) is 0 Å². The number of ketones is 1. The number of unbranched alkanes of at least 4 members (excludes halogenated alkanes) is 1. The highest BCUT2D eigenvalue weighted by Crippen LogP contribution is 2.28. The van der Waals surface area contributed by atoms with E-state index in [1.54, 1.807) is 6.20 Å². The van der Waals surface area contributed by atoms with Crippen LogP contribution in [0.4, 0.5) is 11.5 Å². The number of aromatic nitrogens is 3. The highest BCUT2D eigenvalue weighted by atomic mass is 16.5. The summed E-state index contributed by atoms with van der Waals surface area (Å²) in [6, 6.07) is 8.00. The van der Waals surface area contributed by atoms with Crippen molar-refractivity contribution in [2.45, 2.75) is 44.8 Å². The number of hydrogen-bond donors (Lipinski definition) is 3. The van der Waals surface area contributed by atoms with Crippen molar-refractivity contribution in [3.63, 3.8) is 0 Å². The van der Waals surface area contributed by atoms with E-state index in [1.807, 2.05) is 12.1 Å². The van der Waals surface area contributed by atoms with Crippen LogP contribution in [-0.2, 0) is 4.74 Å². The van der Waals surface area contributed by atoms with Crippen molar-refractivity contribution in [1.82, 2.24) is 19.9 Å². The first-order valence-corrected chi connectivity index (χ1v) is 13.1. The molecule has 4 heterocycles. The summed E-state index contributed by atoms with van der Waals surface area (Å²) in [5, 5.41) is 13.4. The number of piperazine rings is 1. The van der Waals surface area contributed by atoms with Gasteiger partial charge < -0.3 is 25.0 Å². The predicted octanol–water partition coefficient (Wildman–Crippen LogP) is 3.06. The topological polar surface area (TPSA) is 107 Å². The van der Waals surface area contributed by atoms with E-state index in [0.29, 0.717) is 34.6 Å². The summed E-state index contributed by atoms with van der Waals surface area (Å²) >= 11 is 0. The van der Waals surface area contributed by atoms with E-state index in [4.69, 9.17) is 4.74 Å². The van der Waals surface area contributed by atoms with Gasteiger partial charge in [-0.15, -0.1) is 0 Å². The lowest BCUT2D eigenvalue weighted by atomic mass is 10.0. The molecule has 0 saturated carbocycles. The molecular formula is C27H36N6O3. The predicted molar refractivity (Wildman–Crippen MR) is 141 cm³/mol. The van der Waals surface area contributed by atoms with E-state index in [1.165, 1.54) is 25.7 Å². The second kappa shape index (κ2) is 11.4. The molecule has 36 heavy (non-hydrogen) atoms. The van der Waals surface area contributed by atoms with E-state index in [-0.39, 0.29) is 24.5 Å². The number of ether oxygens (including phenoxy) is 1. The van der Waals surface area contributed by atoms with Gasteiger partial charge in [-0.05, 0) is 50.1 Å². The summed E-state index contributed by atoms with van der Waals surface area (Å²) in [5.41, 5.74) is 2.97. The third-order valence-corrected chi connectivity index (χ3v) is 7.32. The molecule has 2 fully saturated rings. The zero-order valence-corrected chi connectivity index (χ0v) is 20.9. The minimum atomic E-state index is -0.106. The number of aromatic amines is 1. The maximum absolute atomic E-state index is 13.5. The number of rotatable bonds is 9. The van der Waals surface area contributed by atoms with Crippen molar-refractivity contribution in [3.05, 3.63) is 47.9 Å². The number of hydrogen-bond acceptors (Lipinski definition) is 8. The lowest BCUT2D eigenvalue weighted by molar-refractivity contribution is -0.0224. The summed E-state index contributed by atoms with van der Waals surface area (Å²) in [6.45, 7) is 8.12. The van der Waals surface area contributed by atoms with Gasteiger partial charge in [0.15, 0.2) is 5.78 Å². The van der Waals surface area contributed by atoms with Gasteiger partial charge in [0, 0.05) is 43.6 Å². The molecule has 0 unspecified atom stereocenters. The van der Waals surface area contributed by atoms with Crippen molar-refractivity contribution in [1.29, 1.82) is 0 Å². The number of benzene rings is 1. The van der Waals surface area contributed by atoms with Crippen LogP contribution in [0.2, 0.25) is 0 Å². The number of aliphatic hydroxyl groups is 1. The minimum absolute atomic E-state index is 0.0366. The third-order valence-electron chi connectivity index (χ3n) is 7.32. The molecule has 3 N–H and O–H groups in total. The fourth-order valence-electron chi connectivity index (χ4n) is 5.10. The molecule has 0 bridgehead atoms. The van der Waals surface area contributed by atoms with Crippen LogP contribution < -0.4 is 10.2 Å². The Balaban J connectivity index is 1.28. The number of carbonyl (C=O) groups excluding carboxylic acids is 1. The van der Waals surface area contributed by atoms with Gasteiger partial charge >= 0.3 is 0 Å². The minimum Gasteiger partial charge on any atom is -0.394 e. The molecule has 1 aromatic carbocycles. The van der Waals surface area contributed by atoms with Gasteiger partial charge in [0.1, 0.15) is 17.8 Å². The van der Waals surface area contributed by atoms with E-state index >= 15 is 0 Å². The maximum atomic E-state index is 13.5. The van der Waals surface area contributed by atoms with Crippen LogP contribution in [0, 0.1) is 0 Å². The molecule has 2 aromatic heterocycles. The Bertz CT molecular complexity index is 1150. The van der Waals surface area contributed by atoms with Gasteiger partial charge in [0.05, 0.1) is 36.3 Å². The van der Waals surface area contributed by atoms with E-state index in [9.17, 15) is 9.90 Å². The van der Waals surface area contributed by atoms with Crippen molar-refractivity contribution < 1.29 is 14.6 Å². The van der Waals surface area contributed by atoms with Crippen LogP contribution >= 0.6 is 0 Å². The molecule has 9 nitrogen and oxygen atoms in total. The molecule has 9 heteroatoms. The number of fused-ring (bicyclic) bond motifs is 1. The molecule has 0 amide bonds. The molecule has 0 spiro atoms. The molecule has 2 saturated heterocycles. The first kappa shape index (κ1) is 24.7. The Morgan fingerprint density at radius 3 is 2.67 bits per heavy atom. The number of aliphatic hydroxyl groups excluding tert-OH is 1. The van der Waals surface area contributed by atoms with Gasteiger partial charge in [0.25, 0.3) is 0 Å². The quantitative estimate of drug-likeness (QED) is 0.392. The fourth-order valence-corrected chi connectivity index (χ4v) is 5.10. The Morgan fingerprint density at radius 2 is 1.97 bits per heavy atom. The van der Waals surface area contributed by atoms with Gasteiger partial charge in [-0.1, -0.05) is 13.3 Å². The number of carbonyl (C=O) groups is 1. The highest BCUT2D eigenvalue weighted by molar-refractivity contribution is 6.18. The van der Waals surface area contributed by atoms with Gasteiger partial charge in [-0.25, -0.2) is 9.97 Å². The Kier molecular flexibility index (Phi) is 7.79. The lowest BCUT2D eigenvalue weighted by Crippen LogP contribution is -2.46. The summed E-state index contributed by atoms with van der Waals surface area (Å²) in [5.74, 6) is 0.563. The number of anilines is 2. The van der Waals surface area contributed by atoms with Gasteiger partial charge in [-0.2, -0.15) is 0 Å². The smallest absolute Gasteiger partial charge is 0.195 e. The fraction of sp³-hybridized carbons (Fsp3) is 0.519. The zero-order valence-electron chi connectivity index (χ0n) is 20.9. The van der Waals surface area contributed by atoms with Crippen LogP contribution in [0.5, 0.6) is 0 Å². The molecule has 3 aromatic rings. The molecule has 0 aliphatic carbocycles. The average Bonchev–Trinajstić information content (AvgIpc) is 3.38. The number of H-pyrrole nitrogens is 1.